The van der Waals surface area contributed by atoms with Crippen LogP contribution in [-0.2, 0) is 14.4 Å². The maximum Gasteiger partial charge on any atom is 0.248 e. The Balaban J connectivity index is 1.63. The molecule has 1 N–H and O–H groups in total. The van der Waals surface area contributed by atoms with Gasteiger partial charge in [0.15, 0.2) is 0 Å². The van der Waals surface area contributed by atoms with Gasteiger partial charge in [-0.1, -0.05) is 35.5 Å². The highest BCUT2D eigenvalue weighted by atomic mass is 32.1. The highest BCUT2D eigenvalue weighted by molar-refractivity contribution is 7.14. The number of carbonyl (C=O) groups excluding carboxylic acids is 2. The molecule has 0 unspecified atom stereocenters. The number of amides is 1. The first-order valence-electron chi connectivity index (χ1n) is 8.78. The summed E-state index contributed by atoms with van der Waals surface area (Å²) >= 11 is 1.16. The molecule has 0 saturated heterocycles. The van der Waals surface area contributed by atoms with Crippen molar-refractivity contribution in [1.29, 1.82) is 0 Å². The lowest BCUT2D eigenvalue weighted by Gasteiger charge is -2.06. The summed E-state index contributed by atoms with van der Waals surface area (Å²) in [7, 11) is 1.24. The van der Waals surface area contributed by atoms with Gasteiger partial charge in [0, 0.05) is 17.0 Å². The summed E-state index contributed by atoms with van der Waals surface area (Å²) in [5.41, 5.74) is 0.726. The monoisotopic (exact) mass is 421 g/mol. The Morgan fingerprint density at radius 1 is 1.07 bits per heavy atom. The average molecular weight is 421 g/mol. The Morgan fingerprint density at radius 3 is 2.57 bits per heavy atom. The van der Waals surface area contributed by atoms with Crippen molar-refractivity contribution in [2.75, 3.05) is 12.4 Å². The van der Waals surface area contributed by atoms with E-state index in [1.165, 1.54) is 24.6 Å². The molecule has 0 saturated carbocycles. The lowest BCUT2D eigenvalue weighted by Crippen LogP contribution is -2.32. The summed E-state index contributed by atoms with van der Waals surface area (Å²) in [6.45, 7) is 0. The molecule has 152 valence electrons. The Bertz CT molecular complexity index is 1090. The lowest BCUT2D eigenvalue weighted by molar-refractivity contribution is -0.294. The summed E-state index contributed by atoms with van der Waals surface area (Å²) in [6.07, 6.45) is 3.03. The van der Waals surface area contributed by atoms with Crippen molar-refractivity contribution in [2.45, 2.75) is 0 Å². The van der Waals surface area contributed by atoms with Gasteiger partial charge in [0.05, 0.1) is 11.0 Å². The Hall–Kier alpha value is -3.91. The lowest BCUT2D eigenvalue weighted by atomic mass is 10.2. The number of nitrogens with one attached hydrogen (secondary N) is 1. The summed E-state index contributed by atoms with van der Waals surface area (Å²) in [4.78, 5) is 27.8. The predicted octanol–water partition coefficient (Wildman–Crippen LogP) is 3.29. The van der Waals surface area contributed by atoms with Crippen LogP contribution in [0.25, 0.3) is 6.08 Å². The number of hydrogen-bond donors (Lipinski definition) is 1. The maximum atomic E-state index is 12.2. The van der Waals surface area contributed by atoms with Crippen molar-refractivity contribution in [3.05, 3.63) is 83.2 Å². The Kier molecular flexibility index (Phi) is 6.96. The number of rotatable bonds is 8. The van der Waals surface area contributed by atoms with Gasteiger partial charge < -0.3 is 24.8 Å². The van der Waals surface area contributed by atoms with E-state index >= 15 is 0 Å². The minimum Gasteiger partial charge on any atom is -0.543 e. The smallest absolute Gasteiger partial charge is 0.248 e. The quantitative estimate of drug-likeness (QED) is 0.342. The van der Waals surface area contributed by atoms with Crippen molar-refractivity contribution in [2.24, 2.45) is 5.16 Å². The topological polar surface area (TPSA) is 100 Å². The van der Waals surface area contributed by atoms with Crippen LogP contribution in [0.15, 0.2) is 77.3 Å². The summed E-state index contributed by atoms with van der Waals surface area (Å²) in [6, 6.07) is 18.2. The van der Waals surface area contributed by atoms with E-state index in [9.17, 15) is 14.7 Å². The minimum absolute atomic E-state index is 0.284. The molecule has 0 atom stereocenters. The third kappa shape index (κ3) is 5.79. The molecule has 0 radical (unpaired) electrons. The van der Waals surface area contributed by atoms with Gasteiger partial charge in [-0.2, -0.15) is 0 Å². The summed E-state index contributed by atoms with van der Waals surface area (Å²) in [5.74, 6) is -0.460. The molecule has 1 heterocycles. The predicted molar refractivity (Wildman–Crippen MR) is 113 cm³/mol. The van der Waals surface area contributed by atoms with Crippen LogP contribution in [0.1, 0.15) is 11.1 Å². The van der Waals surface area contributed by atoms with E-state index in [1.807, 2.05) is 54.6 Å². The van der Waals surface area contributed by atoms with E-state index in [2.05, 4.69) is 15.3 Å². The Morgan fingerprint density at radius 2 is 1.83 bits per heavy atom. The van der Waals surface area contributed by atoms with Crippen molar-refractivity contribution < 1.29 is 24.3 Å². The zero-order chi connectivity index (χ0) is 21.3. The number of carbonyl (C=O) groups is 2. The number of carboxylic acids is 1. The molecule has 30 heavy (non-hydrogen) atoms. The molecule has 8 heteroatoms. The number of nitrogens with zero attached hydrogens (tertiary/aromatic N) is 1. The van der Waals surface area contributed by atoms with E-state index in [-0.39, 0.29) is 17.2 Å². The largest absolute Gasteiger partial charge is 0.543 e. The Labute approximate surface area is 176 Å². The normalized spacial score (nSPS) is 11.3. The van der Waals surface area contributed by atoms with Crippen LogP contribution in [-0.4, -0.2) is 24.7 Å². The molecule has 2 aromatic carbocycles. The van der Waals surface area contributed by atoms with Crippen LogP contribution < -0.4 is 15.2 Å². The SMILES string of the molecule is CO/N=C(\C(=O)[O-])c1csc(NC(=O)/C=C/c2cccc(Oc3ccccc3)c2)c1. The number of benzene rings is 2. The number of hydrogen-bond acceptors (Lipinski definition) is 7. The van der Waals surface area contributed by atoms with E-state index in [1.54, 1.807) is 6.08 Å². The van der Waals surface area contributed by atoms with Crippen molar-refractivity contribution in [3.8, 4) is 11.5 Å². The number of para-hydroxylation sites is 1. The van der Waals surface area contributed by atoms with Gasteiger partial charge in [-0.15, -0.1) is 11.3 Å². The molecule has 0 fully saturated rings. The van der Waals surface area contributed by atoms with Crippen molar-refractivity contribution in [3.63, 3.8) is 0 Å². The average Bonchev–Trinajstić information content (AvgIpc) is 3.19. The van der Waals surface area contributed by atoms with Crippen LogP contribution in [0, 0.1) is 0 Å². The van der Waals surface area contributed by atoms with Gasteiger partial charge in [-0.3, -0.25) is 4.79 Å². The van der Waals surface area contributed by atoms with Crippen LogP contribution in [0.2, 0.25) is 0 Å². The van der Waals surface area contributed by atoms with Gasteiger partial charge in [-0.25, -0.2) is 0 Å². The van der Waals surface area contributed by atoms with E-state index in [4.69, 9.17) is 4.74 Å². The van der Waals surface area contributed by atoms with Gasteiger partial charge in [0.25, 0.3) is 0 Å². The van der Waals surface area contributed by atoms with Crippen molar-refractivity contribution in [1.82, 2.24) is 0 Å². The molecule has 0 aliphatic heterocycles. The van der Waals surface area contributed by atoms with E-state index in [0.717, 1.165) is 22.6 Å². The molecule has 7 nitrogen and oxygen atoms in total. The van der Waals surface area contributed by atoms with Gasteiger partial charge in [0.2, 0.25) is 5.91 Å². The van der Waals surface area contributed by atoms with Gasteiger partial charge in [-0.05, 0) is 42.0 Å². The van der Waals surface area contributed by atoms with Crippen LogP contribution in [0.5, 0.6) is 11.5 Å². The number of thiophene rings is 1. The molecular weight excluding hydrogens is 404 g/mol. The maximum absolute atomic E-state index is 12.2. The molecule has 0 aliphatic carbocycles. The van der Waals surface area contributed by atoms with Crippen molar-refractivity contribution >= 4 is 40.0 Å². The zero-order valence-electron chi connectivity index (χ0n) is 15.9. The number of aliphatic carboxylic acids is 1. The molecule has 0 aliphatic rings. The summed E-state index contributed by atoms with van der Waals surface area (Å²) in [5, 5.41) is 19.2. The molecule has 1 aromatic heterocycles. The second kappa shape index (κ2) is 10.0. The first-order valence-corrected chi connectivity index (χ1v) is 9.66. The molecule has 1 amide bonds. The fraction of sp³-hybridized carbons (Fsp3) is 0.0455. The first kappa shape index (κ1) is 20.8. The van der Waals surface area contributed by atoms with Crippen LogP contribution in [0.4, 0.5) is 5.00 Å². The molecule has 0 bridgehead atoms. The van der Waals surface area contributed by atoms with Crippen LogP contribution in [0.3, 0.4) is 0 Å². The van der Waals surface area contributed by atoms with E-state index in [0.29, 0.717) is 10.8 Å². The minimum atomic E-state index is -1.47. The fourth-order valence-corrected chi connectivity index (χ4v) is 3.25. The van der Waals surface area contributed by atoms with Crippen LogP contribution >= 0.6 is 11.3 Å². The standard InChI is InChI=1S/C22H18N2O5S/c1-28-24-21(22(26)27)16-13-20(30-14-16)23-19(25)11-10-15-6-5-9-18(12-15)29-17-7-3-2-4-8-17/h2-14H,1H3,(H,23,25)(H,26,27)/p-1/b11-10+,24-21-. The number of ether oxygens (including phenoxy) is 1. The number of oxime groups is 1. The number of anilines is 1. The summed E-state index contributed by atoms with van der Waals surface area (Å²) < 4.78 is 5.78. The first-order chi connectivity index (χ1) is 14.5. The second-order valence-electron chi connectivity index (χ2n) is 5.92. The van der Waals surface area contributed by atoms with Gasteiger partial charge in [0.1, 0.15) is 24.3 Å². The van der Waals surface area contributed by atoms with Gasteiger partial charge >= 0.3 is 0 Å². The zero-order valence-corrected chi connectivity index (χ0v) is 16.7. The second-order valence-corrected chi connectivity index (χ2v) is 6.83. The van der Waals surface area contributed by atoms with E-state index < -0.39 is 5.97 Å². The molecule has 3 rings (SSSR count). The highest BCUT2D eigenvalue weighted by Crippen LogP contribution is 2.23. The third-order valence-corrected chi connectivity index (χ3v) is 4.61. The highest BCUT2D eigenvalue weighted by Gasteiger charge is 2.10. The molecule has 0 spiro atoms. The third-order valence-electron chi connectivity index (χ3n) is 3.76. The fourth-order valence-electron chi connectivity index (χ4n) is 2.47. The number of carboxylic acid groups (broad SMARTS) is 1. The molecular formula is C22H17N2O5S-. The molecule has 3 aromatic rings.